The summed E-state index contributed by atoms with van der Waals surface area (Å²) in [5.74, 6) is 0.346. The summed E-state index contributed by atoms with van der Waals surface area (Å²) in [6.45, 7) is 0.112. The van der Waals surface area contributed by atoms with Gasteiger partial charge in [-0.25, -0.2) is 4.39 Å². The van der Waals surface area contributed by atoms with E-state index in [0.717, 1.165) is 16.2 Å². The molecule has 1 nitrogen and oxygen atoms in total. The molecule has 0 N–H and O–H groups in total. The van der Waals surface area contributed by atoms with Crippen LogP contribution in [0.5, 0.6) is 5.75 Å². The number of rotatable bonds is 5. The van der Waals surface area contributed by atoms with Gasteiger partial charge in [0.25, 0.3) is 0 Å². The highest BCUT2D eigenvalue weighted by atomic mass is 79.9. The third kappa shape index (κ3) is 3.74. The molecule has 5 heteroatoms. The predicted molar refractivity (Wildman–Crippen MR) is 87.4 cm³/mol. The van der Waals surface area contributed by atoms with Crippen molar-refractivity contribution in [1.82, 2.24) is 0 Å². The minimum atomic E-state index is -0.352. The zero-order valence-electron chi connectivity index (χ0n) is 10.5. The molecule has 0 fully saturated rings. The summed E-state index contributed by atoms with van der Waals surface area (Å²) in [5, 5.41) is 1.90. The molecule has 0 radical (unpaired) electrons. The summed E-state index contributed by atoms with van der Waals surface area (Å²) < 4.78 is 19.3. The second-order valence-electron chi connectivity index (χ2n) is 4.19. The van der Waals surface area contributed by atoms with E-state index in [0.29, 0.717) is 16.3 Å². The maximum absolute atomic E-state index is 13.6. The first-order valence-electron chi connectivity index (χ1n) is 5.95. The second kappa shape index (κ2) is 7.43. The third-order valence-electron chi connectivity index (χ3n) is 2.91. The average molecular weight is 423 g/mol. The summed E-state index contributed by atoms with van der Waals surface area (Å²) in [7, 11) is 0. The van der Waals surface area contributed by atoms with Crippen molar-refractivity contribution in [2.45, 2.75) is 17.3 Å². The van der Waals surface area contributed by atoms with E-state index in [-0.39, 0.29) is 12.4 Å². The molecule has 0 saturated heterocycles. The first-order valence-corrected chi connectivity index (χ1v) is 8.57. The zero-order chi connectivity index (χ0) is 14.5. The van der Waals surface area contributed by atoms with E-state index in [4.69, 9.17) is 16.3 Å². The minimum absolute atomic E-state index is 0.112. The lowest BCUT2D eigenvalue weighted by Gasteiger charge is -2.11. The van der Waals surface area contributed by atoms with Crippen LogP contribution < -0.4 is 4.74 Å². The maximum Gasteiger partial charge on any atom is 0.131 e. The summed E-state index contributed by atoms with van der Waals surface area (Å²) in [5.41, 5.74) is 2.70. The van der Waals surface area contributed by atoms with Gasteiger partial charge in [-0.15, -0.1) is 0 Å². The van der Waals surface area contributed by atoms with Crippen molar-refractivity contribution in [3.8, 4) is 5.75 Å². The van der Waals surface area contributed by atoms with Crippen molar-refractivity contribution in [3.05, 3.63) is 63.9 Å². The summed E-state index contributed by atoms with van der Waals surface area (Å²) >= 11 is 12.9. The van der Waals surface area contributed by atoms with Crippen molar-refractivity contribution in [3.63, 3.8) is 0 Å². The first-order chi connectivity index (χ1) is 9.65. The predicted octanol–water partition coefficient (Wildman–Crippen LogP) is 5.85. The SMILES string of the molecule is Fc1cccc(Cl)c1COc1ccc(CBr)c(CBr)c1. The molecule has 0 atom stereocenters. The lowest BCUT2D eigenvalue weighted by Crippen LogP contribution is -2.00. The molecule has 20 heavy (non-hydrogen) atoms. The fourth-order valence-electron chi connectivity index (χ4n) is 1.77. The van der Waals surface area contributed by atoms with Gasteiger partial charge in [0.1, 0.15) is 18.2 Å². The van der Waals surface area contributed by atoms with Gasteiger partial charge in [0.05, 0.1) is 5.02 Å². The van der Waals surface area contributed by atoms with Gasteiger partial charge in [-0.2, -0.15) is 0 Å². The van der Waals surface area contributed by atoms with E-state index in [1.807, 2.05) is 18.2 Å². The van der Waals surface area contributed by atoms with E-state index in [9.17, 15) is 4.39 Å². The molecule has 106 valence electrons. The van der Waals surface area contributed by atoms with Gasteiger partial charge in [0.2, 0.25) is 0 Å². The normalized spacial score (nSPS) is 10.6. The molecule has 0 aliphatic rings. The molecule has 0 aromatic heterocycles. The monoisotopic (exact) mass is 420 g/mol. The van der Waals surface area contributed by atoms with Crippen molar-refractivity contribution < 1.29 is 9.13 Å². The third-order valence-corrected chi connectivity index (χ3v) is 4.47. The van der Waals surface area contributed by atoms with Crippen molar-refractivity contribution >= 4 is 43.5 Å². The summed E-state index contributed by atoms with van der Waals surface area (Å²) in [6.07, 6.45) is 0. The molecule has 0 aliphatic carbocycles. The molecule has 0 saturated carbocycles. The number of hydrogen-bond acceptors (Lipinski definition) is 1. The molecule has 0 unspecified atom stereocenters. The Labute approximate surface area is 139 Å². The number of halogens is 4. The van der Waals surface area contributed by atoms with Crippen molar-refractivity contribution in [2.24, 2.45) is 0 Å². The molecule has 0 aliphatic heterocycles. The maximum atomic E-state index is 13.6. The molecule has 2 aromatic rings. The van der Waals surface area contributed by atoms with Gasteiger partial charge < -0.3 is 4.74 Å². The molecule has 0 amide bonds. The Kier molecular flexibility index (Phi) is 5.87. The topological polar surface area (TPSA) is 9.23 Å². The average Bonchev–Trinajstić information content (AvgIpc) is 2.46. The molecule has 0 bridgehead atoms. The number of benzene rings is 2. The van der Waals surface area contributed by atoms with Crippen LogP contribution in [0, 0.1) is 5.82 Å². The fraction of sp³-hybridized carbons (Fsp3) is 0.200. The molecule has 0 spiro atoms. The molecule has 2 aromatic carbocycles. The van der Waals surface area contributed by atoms with Crippen LogP contribution in [0.3, 0.4) is 0 Å². The van der Waals surface area contributed by atoms with E-state index in [1.54, 1.807) is 12.1 Å². The number of ether oxygens (including phenoxy) is 1. The Morgan fingerprint density at radius 2 is 1.80 bits per heavy atom. The van der Waals surface area contributed by atoms with Gasteiger partial charge in [-0.1, -0.05) is 55.6 Å². The highest BCUT2D eigenvalue weighted by Crippen LogP contribution is 2.25. The van der Waals surface area contributed by atoms with E-state index in [1.165, 1.54) is 11.6 Å². The van der Waals surface area contributed by atoms with Gasteiger partial charge in [-0.05, 0) is 35.4 Å². The lowest BCUT2D eigenvalue weighted by atomic mass is 10.1. The quantitative estimate of drug-likeness (QED) is 0.550. The number of alkyl halides is 2. The fourth-order valence-corrected chi connectivity index (χ4v) is 3.06. The first kappa shape index (κ1) is 15.8. The highest BCUT2D eigenvalue weighted by Gasteiger charge is 2.08. The standard InChI is InChI=1S/C15H12Br2ClFO/c16-7-10-4-5-12(6-11(10)8-17)20-9-13-14(18)2-1-3-15(13)19/h1-6H,7-9H2. The van der Waals surface area contributed by atoms with Crippen LogP contribution >= 0.6 is 43.5 Å². The van der Waals surface area contributed by atoms with E-state index >= 15 is 0 Å². The number of hydrogen-bond donors (Lipinski definition) is 0. The molecular formula is C15H12Br2ClFO. The van der Waals surface area contributed by atoms with Crippen LogP contribution in [-0.4, -0.2) is 0 Å². The Bertz CT molecular complexity index is 584. The highest BCUT2D eigenvalue weighted by molar-refractivity contribution is 9.09. The van der Waals surface area contributed by atoms with Crippen LogP contribution in [-0.2, 0) is 17.3 Å². The van der Waals surface area contributed by atoms with Crippen LogP contribution in [0.2, 0.25) is 5.02 Å². The van der Waals surface area contributed by atoms with Crippen molar-refractivity contribution in [2.75, 3.05) is 0 Å². The summed E-state index contributed by atoms with van der Waals surface area (Å²) in [4.78, 5) is 0. The van der Waals surface area contributed by atoms with Crippen LogP contribution in [0.1, 0.15) is 16.7 Å². The van der Waals surface area contributed by atoms with Gasteiger partial charge in [0.15, 0.2) is 0 Å². The van der Waals surface area contributed by atoms with Gasteiger partial charge >= 0.3 is 0 Å². The molecule has 2 rings (SSSR count). The lowest BCUT2D eigenvalue weighted by molar-refractivity contribution is 0.299. The summed E-state index contributed by atoms with van der Waals surface area (Å²) in [6, 6.07) is 10.4. The second-order valence-corrected chi connectivity index (χ2v) is 5.72. The molecule has 0 heterocycles. The Balaban J connectivity index is 2.15. The van der Waals surface area contributed by atoms with Gasteiger partial charge in [-0.3, -0.25) is 0 Å². The van der Waals surface area contributed by atoms with Crippen LogP contribution in [0.25, 0.3) is 0 Å². The Morgan fingerprint density at radius 3 is 2.45 bits per heavy atom. The van der Waals surface area contributed by atoms with Crippen LogP contribution in [0.4, 0.5) is 4.39 Å². The minimum Gasteiger partial charge on any atom is -0.489 e. The van der Waals surface area contributed by atoms with Crippen LogP contribution in [0.15, 0.2) is 36.4 Å². The molecular weight excluding hydrogens is 410 g/mol. The van der Waals surface area contributed by atoms with Crippen molar-refractivity contribution in [1.29, 1.82) is 0 Å². The van der Waals surface area contributed by atoms with Gasteiger partial charge in [0, 0.05) is 16.2 Å². The zero-order valence-corrected chi connectivity index (χ0v) is 14.4. The smallest absolute Gasteiger partial charge is 0.131 e. The van der Waals surface area contributed by atoms with E-state index < -0.39 is 0 Å². The van der Waals surface area contributed by atoms with E-state index in [2.05, 4.69) is 31.9 Å². The Morgan fingerprint density at radius 1 is 1.05 bits per heavy atom. The largest absolute Gasteiger partial charge is 0.489 e. The Hall–Kier alpha value is -0.580.